The maximum atomic E-state index is 14.4. The van der Waals surface area contributed by atoms with Crippen molar-refractivity contribution in [1.82, 2.24) is 0 Å². The van der Waals surface area contributed by atoms with Gasteiger partial charge in [-0.3, -0.25) is 0 Å². The molecular weight excluding hydrogens is 570 g/mol. The molecule has 0 N–H and O–H groups in total. The first kappa shape index (κ1) is 33.1. The summed E-state index contributed by atoms with van der Waals surface area (Å²) in [6, 6.07) is 12.5. The summed E-state index contributed by atoms with van der Waals surface area (Å²) in [7, 11) is 1.47. The molecule has 2 aromatic rings. The van der Waals surface area contributed by atoms with Crippen LogP contribution in [0.1, 0.15) is 31.9 Å². The quantitative estimate of drug-likeness (QED) is 0.166. The number of carbonyl (C=O) groups is 2. The highest BCUT2D eigenvalue weighted by atomic mass is 19.4. The average Bonchev–Trinajstić information content (AvgIpc) is 3.45. The number of methoxy groups -OCH3 is 2. The van der Waals surface area contributed by atoms with Crippen LogP contribution < -0.4 is 0 Å². The van der Waals surface area contributed by atoms with Gasteiger partial charge in [0, 0.05) is 37.2 Å². The van der Waals surface area contributed by atoms with Crippen molar-refractivity contribution in [3.63, 3.8) is 0 Å². The molecule has 1 fully saturated rings. The molecule has 230 valence electrons. The Morgan fingerprint density at radius 1 is 0.810 bits per heavy atom. The van der Waals surface area contributed by atoms with Crippen LogP contribution in [0, 0.1) is 17.3 Å². The Kier molecular flexibility index (Phi) is 9.24. The molecule has 1 aliphatic rings. The van der Waals surface area contributed by atoms with Gasteiger partial charge in [0.25, 0.3) is 11.2 Å². The molecular formula is C30H32F6O6. The van der Waals surface area contributed by atoms with Crippen molar-refractivity contribution in [3.8, 4) is 0 Å². The van der Waals surface area contributed by atoms with Crippen LogP contribution >= 0.6 is 0 Å². The smallest absolute Gasteiger partial charge is 0.432 e. The van der Waals surface area contributed by atoms with Crippen molar-refractivity contribution in [1.29, 1.82) is 0 Å². The molecule has 3 rings (SSSR count). The van der Waals surface area contributed by atoms with Crippen LogP contribution in [-0.4, -0.2) is 51.2 Å². The SMILES string of the molecule is C=C(C)[C@H](OC(=O)[C@](OC)(c1ccccc1)C(F)(F)F)[C@@H]1[C@@H](COC(=O)[C@](OC)(c2ccccc2)C(F)(F)F)C1(C)C. The van der Waals surface area contributed by atoms with Crippen molar-refractivity contribution < 1.29 is 54.9 Å². The number of alkyl halides is 6. The molecule has 5 atom stereocenters. The third-order valence-electron chi connectivity index (χ3n) is 7.93. The third-order valence-corrected chi connectivity index (χ3v) is 7.93. The Balaban J connectivity index is 1.88. The first-order chi connectivity index (χ1) is 19.4. The second kappa shape index (κ2) is 11.7. The van der Waals surface area contributed by atoms with Crippen LogP contribution in [0.25, 0.3) is 0 Å². The molecule has 0 aliphatic heterocycles. The van der Waals surface area contributed by atoms with E-state index in [0.717, 1.165) is 38.5 Å². The fourth-order valence-electron chi connectivity index (χ4n) is 5.43. The second-order valence-corrected chi connectivity index (χ2v) is 10.7. The maximum Gasteiger partial charge on any atom is 0.432 e. The van der Waals surface area contributed by atoms with Gasteiger partial charge in [-0.2, -0.15) is 26.3 Å². The van der Waals surface area contributed by atoms with Crippen molar-refractivity contribution in [2.45, 2.75) is 50.4 Å². The van der Waals surface area contributed by atoms with Gasteiger partial charge in [0.05, 0.1) is 6.61 Å². The lowest BCUT2D eigenvalue weighted by atomic mass is 9.92. The summed E-state index contributed by atoms with van der Waals surface area (Å²) in [6.45, 7) is 7.96. The highest BCUT2D eigenvalue weighted by Crippen LogP contribution is 2.62. The summed E-state index contributed by atoms with van der Waals surface area (Å²) in [5, 5.41) is 0. The molecule has 1 aliphatic carbocycles. The van der Waals surface area contributed by atoms with E-state index in [9.17, 15) is 35.9 Å². The molecule has 12 heteroatoms. The molecule has 42 heavy (non-hydrogen) atoms. The molecule has 0 amide bonds. The van der Waals surface area contributed by atoms with Gasteiger partial charge < -0.3 is 18.9 Å². The largest absolute Gasteiger partial charge is 0.463 e. The number of benzene rings is 2. The van der Waals surface area contributed by atoms with E-state index in [1.165, 1.54) is 43.3 Å². The lowest BCUT2D eigenvalue weighted by molar-refractivity contribution is -0.278. The van der Waals surface area contributed by atoms with Crippen LogP contribution in [0.2, 0.25) is 0 Å². The van der Waals surface area contributed by atoms with Gasteiger partial charge in [-0.05, 0) is 17.9 Å². The third kappa shape index (κ3) is 5.54. The number of ether oxygens (including phenoxy) is 4. The van der Waals surface area contributed by atoms with Gasteiger partial charge in [-0.15, -0.1) is 0 Å². The Hall–Kier alpha value is -3.38. The van der Waals surface area contributed by atoms with Crippen LogP contribution in [0.5, 0.6) is 0 Å². The number of halogens is 6. The minimum Gasteiger partial charge on any atom is -0.463 e. The standard InChI is InChI=1S/C30H32F6O6/c1-18(2)23(42-25(38)28(40-6,30(34,35)36)20-15-11-8-12-16-20)22-21(26(22,3)4)17-41-24(37)27(39-5,29(31,32)33)19-13-9-7-10-14-19/h7-16,21-23H,1,17H2,2-6H3/t21-,22+,23+,27-,28-/m1/s1. The number of hydrogen-bond acceptors (Lipinski definition) is 6. The lowest BCUT2D eigenvalue weighted by Crippen LogP contribution is -2.52. The van der Waals surface area contributed by atoms with Crippen LogP contribution in [0.4, 0.5) is 26.3 Å². The van der Waals surface area contributed by atoms with Crippen molar-refractivity contribution in [2.75, 3.05) is 20.8 Å². The number of hydrogen-bond donors (Lipinski definition) is 0. The summed E-state index contributed by atoms with van der Waals surface area (Å²) in [6.07, 6.45) is -11.7. The van der Waals surface area contributed by atoms with E-state index in [4.69, 9.17) is 18.9 Å². The molecule has 2 aromatic carbocycles. The predicted molar refractivity (Wildman–Crippen MR) is 139 cm³/mol. The maximum absolute atomic E-state index is 14.4. The number of esters is 2. The van der Waals surface area contributed by atoms with Crippen LogP contribution in [0.3, 0.4) is 0 Å². The first-order valence-electron chi connectivity index (χ1n) is 12.8. The first-order valence-corrected chi connectivity index (χ1v) is 12.8. The summed E-state index contributed by atoms with van der Waals surface area (Å²) >= 11 is 0. The van der Waals surface area contributed by atoms with Crippen LogP contribution in [-0.2, 0) is 39.7 Å². The van der Waals surface area contributed by atoms with Gasteiger partial charge in [0.2, 0.25) is 0 Å². The van der Waals surface area contributed by atoms with Gasteiger partial charge in [0.15, 0.2) is 0 Å². The molecule has 0 saturated heterocycles. The highest BCUT2D eigenvalue weighted by Gasteiger charge is 2.68. The second-order valence-electron chi connectivity index (χ2n) is 10.7. The lowest BCUT2D eigenvalue weighted by Gasteiger charge is -2.34. The minimum absolute atomic E-state index is 0.182. The molecule has 0 aromatic heterocycles. The van der Waals surface area contributed by atoms with Gasteiger partial charge in [-0.25, -0.2) is 9.59 Å². The normalized spacial score (nSPS) is 21.8. The number of carbonyl (C=O) groups excluding carboxylic acids is 2. The Morgan fingerprint density at radius 2 is 1.21 bits per heavy atom. The van der Waals surface area contributed by atoms with Gasteiger partial charge >= 0.3 is 24.3 Å². The topological polar surface area (TPSA) is 71.1 Å². The van der Waals surface area contributed by atoms with Crippen LogP contribution in [0.15, 0.2) is 72.8 Å². The minimum atomic E-state index is -5.22. The van der Waals surface area contributed by atoms with E-state index in [2.05, 4.69) is 6.58 Å². The van der Waals surface area contributed by atoms with E-state index in [1.54, 1.807) is 13.8 Å². The van der Waals surface area contributed by atoms with Crippen molar-refractivity contribution in [2.24, 2.45) is 17.3 Å². The summed E-state index contributed by atoms with van der Waals surface area (Å²) in [5.74, 6) is -4.90. The summed E-state index contributed by atoms with van der Waals surface area (Å²) in [5.41, 5.74) is -8.51. The molecule has 1 saturated carbocycles. The van der Waals surface area contributed by atoms with E-state index < -0.39 is 76.6 Å². The molecule has 0 unspecified atom stereocenters. The fraction of sp³-hybridized carbons (Fsp3) is 0.467. The molecule has 0 bridgehead atoms. The van der Waals surface area contributed by atoms with E-state index in [0.29, 0.717) is 0 Å². The van der Waals surface area contributed by atoms with Gasteiger partial charge in [0.1, 0.15) is 6.10 Å². The molecule has 6 nitrogen and oxygen atoms in total. The number of rotatable bonds is 11. The monoisotopic (exact) mass is 602 g/mol. The van der Waals surface area contributed by atoms with E-state index in [1.807, 2.05) is 0 Å². The average molecular weight is 603 g/mol. The Morgan fingerprint density at radius 3 is 1.57 bits per heavy atom. The molecule has 0 heterocycles. The highest BCUT2D eigenvalue weighted by molar-refractivity contribution is 5.83. The van der Waals surface area contributed by atoms with Crippen molar-refractivity contribution in [3.05, 3.63) is 83.9 Å². The van der Waals surface area contributed by atoms with Gasteiger partial charge in [-0.1, -0.05) is 81.1 Å². The van der Waals surface area contributed by atoms with Crippen molar-refractivity contribution >= 4 is 11.9 Å². The summed E-state index contributed by atoms with van der Waals surface area (Å²) in [4.78, 5) is 26.3. The molecule has 0 spiro atoms. The zero-order chi connectivity index (χ0) is 31.7. The predicted octanol–water partition coefficient (Wildman–Crippen LogP) is 6.50. The zero-order valence-corrected chi connectivity index (χ0v) is 23.6. The summed E-state index contributed by atoms with van der Waals surface area (Å²) < 4.78 is 106. The Labute approximate surface area is 239 Å². The van der Waals surface area contributed by atoms with E-state index >= 15 is 0 Å². The fourth-order valence-corrected chi connectivity index (χ4v) is 5.43. The zero-order valence-electron chi connectivity index (χ0n) is 23.6. The Bertz CT molecular complexity index is 1280. The molecule has 0 radical (unpaired) electrons. The van der Waals surface area contributed by atoms with E-state index in [-0.39, 0.29) is 5.57 Å².